The zero-order valence-corrected chi connectivity index (χ0v) is 18.3. The highest BCUT2D eigenvalue weighted by Gasteiger charge is 2.38. The Morgan fingerprint density at radius 2 is 1.58 bits per heavy atom. The minimum Gasteiger partial charge on any atom is -0.481 e. The molecule has 3 N–H and O–H groups in total. The minimum atomic E-state index is -0.812. The van der Waals surface area contributed by atoms with Gasteiger partial charge in [0.2, 0.25) is 5.91 Å². The fraction of sp³-hybridized carbons (Fsp3) is 0.423. The molecule has 33 heavy (non-hydrogen) atoms. The molecule has 7 nitrogen and oxygen atoms in total. The highest BCUT2D eigenvalue weighted by molar-refractivity contribution is 5.80. The zero-order valence-electron chi connectivity index (χ0n) is 18.3. The summed E-state index contributed by atoms with van der Waals surface area (Å²) >= 11 is 0. The summed E-state index contributed by atoms with van der Waals surface area (Å²) in [6.45, 7) is 0.238. The average Bonchev–Trinajstić information content (AvgIpc) is 3.57. The number of carbonyl (C=O) groups is 3. The quantitative estimate of drug-likeness (QED) is 0.572. The van der Waals surface area contributed by atoms with Gasteiger partial charge in [0.25, 0.3) is 0 Å². The molecule has 0 radical (unpaired) electrons. The van der Waals surface area contributed by atoms with Gasteiger partial charge in [-0.25, -0.2) is 4.79 Å². The van der Waals surface area contributed by atoms with E-state index in [0.29, 0.717) is 12.8 Å². The molecule has 1 unspecified atom stereocenters. The molecule has 3 aliphatic rings. The van der Waals surface area contributed by atoms with Gasteiger partial charge in [-0.2, -0.15) is 0 Å². The molecule has 0 aromatic heterocycles. The molecule has 5 rings (SSSR count). The summed E-state index contributed by atoms with van der Waals surface area (Å²) in [6.07, 6.45) is 2.57. The van der Waals surface area contributed by atoms with Crippen molar-refractivity contribution in [2.24, 2.45) is 11.8 Å². The van der Waals surface area contributed by atoms with Crippen LogP contribution in [0, 0.1) is 11.8 Å². The molecular weight excluding hydrogens is 420 g/mol. The number of hydrogen-bond acceptors (Lipinski definition) is 4. The second kappa shape index (κ2) is 8.89. The summed E-state index contributed by atoms with van der Waals surface area (Å²) in [5, 5.41) is 14.8. The standard InChI is InChI=1S/C26H28N2O5/c29-24(27-17-11-16(12-17)25(30)31)13-23(15-9-10-15)28-26(32)33-14-22-20-7-3-1-5-18(20)19-6-2-4-8-21(19)22/h1-8,15-17,22-23H,9-14H2,(H,27,29)(H,28,32)(H,30,31). The van der Waals surface area contributed by atoms with Gasteiger partial charge in [-0.3, -0.25) is 9.59 Å². The van der Waals surface area contributed by atoms with Crippen molar-refractivity contribution < 1.29 is 24.2 Å². The van der Waals surface area contributed by atoms with Gasteiger partial charge in [-0.1, -0.05) is 48.5 Å². The molecule has 0 spiro atoms. The number of benzene rings is 2. The lowest BCUT2D eigenvalue weighted by molar-refractivity contribution is -0.146. The Morgan fingerprint density at radius 1 is 0.970 bits per heavy atom. The van der Waals surface area contributed by atoms with E-state index in [0.717, 1.165) is 24.0 Å². The predicted molar refractivity (Wildman–Crippen MR) is 122 cm³/mol. The van der Waals surface area contributed by atoms with Crippen molar-refractivity contribution in [3.05, 3.63) is 59.7 Å². The summed E-state index contributed by atoms with van der Waals surface area (Å²) < 4.78 is 5.64. The number of carboxylic acids is 1. The number of rotatable bonds is 8. The topological polar surface area (TPSA) is 105 Å². The lowest BCUT2D eigenvalue weighted by Gasteiger charge is -2.33. The fourth-order valence-electron chi connectivity index (χ4n) is 5.05. The van der Waals surface area contributed by atoms with Crippen molar-refractivity contribution in [1.29, 1.82) is 0 Å². The second-order valence-corrected chi connectivity index (χ2v) is 9.39. The monoisotopic (exact) mass is 448 g/mol. The van der Waals surface area contributed by atoms with Gasteiger partial charge in [-0.15, -0.1) is 0 Å². The van der Waals surface area contributed by atoms with E-state index in [1.54, 1.807) is 0 Å². The highest BCUT2D eigenvalue weighted by Crippen LogP contribution is 2.44. The van der Waals surface area contributed by atoms with Crippen LogP contribution in [-0.4, -0.2) is 41.8 Å². The van der Waals surface area contributed by atoms with Crippen LogP contribution in [0.5, 0.6) is 0 Å². The number of nitrogens with one attached hydrogen (secondary N) is 2. The third kappa shape index (κ3) is 4.58. The maximum atomic E-state index is 12.6. The number of hydrogen-bond donors (Lipinski definition) is 3. The van der Waals surface area contributed by atoms with Crippen molar-refractivity contribution in [2.75, 3.05) is 6.61 Å². The lowest BCUT2D eigenvalue weighted by atomic mass is 9.80. The van der Waals surface area contributed by atoms with Crippen LogP contribution in [0.15, 0.2) is 48.5 Å². The van der Waals surface area contributed by atoms with Crippen LogP contribution in [0.4, 0.5) is 4.79 Å². The summed E-state index contributed by atoms with van der Waals surface area (Å²) in [5.41, 5.74) is 4.67. The summed E-state index contributed by atoms with van der Waals surface area (Å²) in [7, 11) is 0. The molecule has 172 valence electrons. The first kappa shape index (κ1) is 21.5. The van der Waals surface area contributed by atoms with Crippen LogP contribution in [0.25, 0.3) is 11.1 Å². The third-order valence-electron chi connectivity index (χ3n) is 7.10. The van der Waals surface area contributed by atoms with Crippen LogP contribution < -0.4 is 10.6 Å². The number of alkyl carbamates (subject to hydrolysis) is 1. The first-order chi connectivity index (χ1) is 16.0. The van der Waals surface area contributed by atoms with E-state index >= 15 is 0 Å². The minimum absolute atomic E-state index is 0.00776. The molecule has 0 saturated heterocycles. The van der Waals surface area contributed by atoms with Gasteiger partial charge < -0.3 is 20.5 Å². The smallest absolute Gasteiger partial charge is 0.407 e. The number of carboxylic acid groups (broad SMARTS) is 1. The molecule has 0 bridgehead atoms. The largest absolute Gasteiger partial charge is 0.481 e. The van der Waals surface area contributed by atoms with Crippen LogP contribution in [0.1, 0.15) is 49.1 Å². The molecule has 0 aliphatic heterocycles. The van der Waals surface area contributed by atoms with E-state index < -0.39 is 12.1 Å². The number of fused-ring (bicyclic) bond motifs is 3. The Kier molecular flexibility index (Phi) is 5.79. The maximum Gasteiger partial charge on any atom is 0.407 e. The maximum absolute atomic E-state index is 12.6. The fourth-order valence-corrected chi connectivity index (χ4v) is 5.05. The van der Waals surface area contributed by atoms with E-state index in [4.69, 9.17) is 9.84 Å². The first-order valence-electron chi connectivity index (χ1n) is 11.6. The van der Waals surface area contributed by atoms with Gasteiger partial charge >= 0.3 is 12.1 Å². The molecular formula is C26H28N2O5. The third-order valence-corrected chi connectivity index (χ3v) is 7.10. The van der Waals surface area contributed by atoms with E-state index in [1.165, 1.54) is 11.1 Å². The Hall–Kier alpha value is -3.35. The number of amides is 2. The van der Waals surface area contributed by atoms with Crippen molar-refractivity contribution in [1.82, 2.24) is 10.6 Å². The Bertz CT molecular complexity index is 1030. The van der Waals surface area contributed by atoms with Gasteiger partial charge in [-0.05, 0) is 53.9 Å². The summed E-state index contributed by atoms with van der Waals surface area (Å²) in [6, 6.07) is 16.0. The van der Waals surface area contributed by atoms with Gasteiger partial charge in [0.15, 0.2) is 0 Å². The molecule has 2 saturated carbocycles. The second-order valence-electron chi connectivity index (χ2n) is 9.39. The molecule has 2 amide bonds. The van der Waals surface area contributed by atoms with Crippen molar-refractivity contribution in [2.45, 2.75) is 50.1 Å². The van der Waals surface area contributed by atoms with Gasteiger partial charge in [0.1, 0.15) is 6.61 Å². The van der Waals surface area contributed by atoms with Gasteiger partial charge in [0.05, 0.1) is 5.92 Å². The molecule has 2 aromatic carbocycles. The zero-order chi connectivity index (χ0) is 22.9. The molecule has 2 fully saturated rings. The summed E-state index contributed by atoms with van der Waals surface area (Å²) in [5.74, 6) is -1.06. The van der Waals surface area contributed by atoms with E-state index in [-0.39, 0.29) is 48.8 Å². The SMILES string of the molecule is O=C(CC(NC(=O)OCC1c2ccccc2-c2ccccc21)C1CC1)NC1CC(C(=O)O)C1. The Morgan fingerprint density at radius 3 is 2.15 bits per heavy atom. The highest BCUT2D eigenvalue weighted by atomic mass is 16.5. The average molecular weight is 449 g/mol. The van der Waals surface area contributed by atoms with Crippen LogP contribution in [0.3, 0.4) is 0 Å². The number of aliphatic carboxylic acids is 1. The van der Waals surface area contributed by atoms with Crippen molar-refractivity contribution in [3.63, 3.8) is 0 Å². The molecule has 7 heteroatoms. The van der Waals surface area contributed by atoms with E-state index in [9.17, 15) is 14.4 Å². The first-order valence-corrected chi connectivity index (χ1v) is 11.6. The number of ether oxygens (including phenoxy) is 1. The Labute approximate surface area is 192 Å². The molecule has 0 heterocycles. The van der Waals surface area contributed by atoms with E-state index in [2.05, 4.69) is 34.9 Å². The number of carbonyl (C=O) groups excluding carboxylic acids is 2. The van der Waals surface area contributed by atoms with Gasteiger partial charge in [0, 0.05) is 24.4 Å². The predicted octanol–water partition coefficient (Wildman–Crippen LogP) is 3.67. The molecule has 3 aliphatic carbocycles. The normalized spacial score (nSPS) is 21.8. The van der Waals surface area contributed by atoms with Crippen LogP contribution in [0.2, 0.25) is 0 Å². The molecule has 1 atom stereocenters. The van der Waals surface area contributed by atoms with Crippen molar-refractivity contribution in [3.8, 4) is 11.1 Å². The van der Waals surface area contributed by atoms with Crippen molar-refractivity contribution >= 4 is 18.0 Å². The molecule has 2 aromatic rings. The van der Waals surface area contributed by atoms with E-state index in [1.807, 2.05) is 24.3 Å². The van der Waals surface area contributed by atoms with Crippen LogP contribution >= 0.6 is 0 Å². The summed E-state index contributed by atoms with van der Waals surface area (Å²) in [4.78, 5) is 36.0. The Balaban J connectivity index is 1.15. The van der Waals surface area contributed by atoms with Crippen LogP contribution in [-0.2, 0) is 14.3 Å². The lowest BCUT2D eigenvalue weighted by Crippen LogP contribution is -2.49.